The molecule has 98 valence electrons. The highest BCUT2D eigenvalue weighted by molar-refractivity contribution is 7.18. The van der Waals surface area contributed by atoms with Crippen molar-refractivity contribution in [1.82, 2.24) is 15.2 Å². The van der Waals surface area contributed by atoms with E-state index < -0.39 is 0 Å². The second-order valence-corrected chi connectivity index (χ2v) is 5.97. The molecule has 1 atom stereocenters. The number of likely N-dealkylation sites (N-methyl/N-ethyl adjacent to an activating group) is 1. The minimum atomic E-state index is 0.507. The Balaban J connectivity index is 2.02. The van der Waals surface area contributed by atoms with Crippen molar-refractivity contribution in [1.29, 1.82) is 0 Å². The van der Waals surface area contributed by atoms with E-state index in [0.29, 0.717) is 6.04 Å². The fraction of sp³-hybridized carbons (Fsp3) is 0.500. The molecular weight excluding hydrogens is 242 g/mol. The molecule has 0 spiro atoms. The molecule has 3 nitrogen and oxygen atoms in total. The van der Waals surface area contributed by atoms with Gasteiger partial charge in [0.2, 0.25) is 0 Å². The molecule has 1 heterocycles. The molecule has 0 radical (unpaired) electrons. The average Bonchev–Trinajstić information content (AvgIpc) is 2.76. The van der Waals surface area contributed by atoms with Gasteiger partial charge in [0.25, 0.3) is 0 Å². The van der Waals surface area contributed by atoms with Crippen LogP contribution in [-0.4, -0.2) is 43.6 Å². The normalized spacial score (nSPS) is 13.3. The molecule has 1 aromatic carbocycles. The number of nitrogens with zero attached hydrogens (tertiary/aromatic N) is 2. The van der Waals surface area contributed by atoms with Gasteiger partial charge in [-0.05, 0) is 46.2 Å². The van der Waals surface area contributed by atoms with Gasteiger partial charge in [0.1, 0.15) is 0 Å². The summed E-state index contributed by atoms with van der Waals surface area (Å²) in [4.78, 5) is 6.92. The standard InChI is InChI=1S/C14H21N3S/c1-15-11(8-9-17(2)3)10-14-16-12-6-4-5-7-13(12)18-14/h4-7,11,15H,8-10H2,1-3H3. The minimum absolute atomic E-state index is 0.507. The Bertz CT molecular complexity index is 459. The first kappa shape index (κ1) is 13.5. The van der Waals surface area contributed by atoms with Crippen LogP contribution in [0.2, 0.25) is 0 Å². The molecule has 1 unspecified atom stereocenters. The van der Waals surface area contributed by atoms with Gasteiger partial charge in [0.05, 0.1) is 15.2 Å². The highest BCUT2D eigenvalue weighted by atomic mass is 32.1. The number of aromatic nitrogens is 1. The first-order valence-corrected chi connectivity index (χ1v) is 7.17. The Labute approximate surface area is 113 Å². The fourth-order valence-electron chi connectivity index (χ4n) is 1.98. The first-order chi connectivity index (χ1) is 8.69. The molecule has 0 aliphatic carbocycles. The fourth-order valence-corrected chi connectivity index (χ4v) is 3.03. The van der Waals surface area contributed by atoms with Gasteiger partial charge in [-0.2, -0.15) is 0 Å². The zero-order chi connectivity index (χ0) is 13.0. The van der Waals surface area contributed by atoms with Crippen molar-refractivity contribution < 1.29 is 0 Å². The van der Waals surface area contributed by atoms with E-state index in [0.717, 1.165) is 24.9 Å². The summed E-state index contributed by atoms with van der Waals surface area (Å²) in [5.41, 5.74) is 1.12. The Morgan fingerprint density at radius 1 is 1.33 bits per heavy atom. The SMILES string of the molecule is CNC(CCN(C)C)Cc1nc2ccccc2s1. The summed E-state index contributed by atoms with van der Waals surface area (Å²) in [7, 11) is 6.27. The van der Waals surface area contributed by atoms with Crippen LogP contribution in [0.3, 0.4) is 0 Å². The summed E-state index contributed by atoms with van der Waals surface area (Å²) < 4.78 is 1.29. The molecule has 0 saturated heterocycles. The van der Waals surface area contributed by atoms with Crippen LogP contribution in [0, 0.1) is 0 Å². The lowest BCUT2D eigenvalue weighted by Gasteiger charge is -2.17. The van der Waals surface area contributed by atoms with E-state index >= 15 is 0 Å². The topological polar surface area (TPSA) is 28.2 Å². The van der Waals surface area contributed by atoms with Gasteiger partial charge in [-0.1, -0.05) is 12.1 Å². The number of benzene rings is 1. The lowest BCUT2D eigenvalue weighted by atomic mass is 10.1. The average molecular weight is 263 g/mol. The summed E-state index contributed by atoms with van der Waals surface area (Å²) >= 11 is 1.81. The van der Waals surface area contributed by atoms with Crippen LogP contribution in [0.5, 0.6) is 0 Å². The van der Waals surface area contributed by atoms with Gasteiger partial charge in [0, 0.05) is 12.5 Å². The summed E-state index contributed by atoms with van der Waals surface area (Å²) in [6.45, 7) is 1.11. The van der Waals surface area contributed by atoms with E-state index in [-0.39, 0.29) is 0 Å². The monoisotopic (exact) mass is 263 g/mol. The van der Waals surface area contributed by atoms with Crippen molar-refractivity contribution in [3.8, 4) is 0 Å². The summed E-state index contributed by atoms with van der Waals surface area (Å²) in [6, 6.07) is 8.86. The maximum atomic E-state index is 4.69. The van der Waals surface area contributed by atoms with Crippen molar-refractivity contribution in [3.05, 3.63) is 29.3 Å². The zero-order valence-corrected chi connectivity index (χ0v) is 12.1. The minimum Gasteiger partial charge on any atom is -0.317 e. The van der Waals surface area contributed by atoms with E-state index in [1.807, 2.05) is 24.5 Å². The maximum absolute atomic E-state index is 4.69. The largest absolute Gasteiger partial charge is 0.317 e. The second-order valence-electron chi connectivity index (χ2n) is 4.86. The van der Waals surface area contributed by atoms with Crippen LogP contribution in [-0.2, 0) is 6.42 Å². The van der Waals surface area contributed by atoms with Gasteiger partial charge in [-0.25, -0.2) is 4.98 Å². The van der Waals surface area contributed by atoms with Crippen LogP contribution in [0.15, 0.2) is 24.3 Å². The van der Waals surface area contributed by atoms with Gasteiger partial charge in [-0.3, -0.25) is 0 Å². The second kappa shape index (κ2) is 6.27. The number of thiazole rings is 1. The maximum Gasteiger partial charge on any atom is 0.0954 e. The van der Waals surface area contributed by atoms with Crippen molar-refractivity contribution in [2.24, 2.45) is 0 Å². The third-order valence-electron chi connectivity index (χ3n) is 3.09. The number of rotatable bonds is 6. The molecule has 0 bridgehead atoms. The zero-order valence-electron chi connectivity index (χ0n) is 11.3. The van der Waals surface area contributed by atoms with E-state index in [4.69, 9.17) is 4.98 Å². The lowest BCUT2D eigenvalue weighted by molar-refractivity contribution is 0.364. The lowest BCUT2D eigenvalue weighted by Crippen LogP contribution is -2.31. The molecule has 18 heavy (non-hydrogen) atoms. The molecular formula is C14H21N3S. The Hall–Kier alpha value is -0.970. The first-order valence-electron chi connectivity index (χ1n) is 6.35. The molecule has 1 N–H and O–H groups in total. The van der Waals surface area contributed by atoms with Crippen molar-refractivity contribution >= 4 is 21.6 Å². The van der Waals surface area contributed by atoms with Crippen LogP contribution >= 0.6 is 11.3 Å². The highest BCUT2D eigenvalue weighted by Gasteiger charge is 2.11. The van der Waals surface area contributed by atoms with Crippen molar-refractivity contribution in [3.63, 3.8) is 0 Å². The number of hydrogen-bond acceptors (Lipinski definition) is 4. The molecule has 2 rings (SSSR count). The van der Waals surface area contributed by atoms with Crippen molar-refractivity contribution in [2.45, 2.75) is 18.9 Å². The Kier molecular flexibility index (Phi) is 4.69. The number of fused-ring (bicyclic) bond motifs is 1. The molecule has 0 aliphatic heterocycles. The summed E-state index contributed by atoms with van der Waals surface area (Å²) in [5.74, 6) is 0. The predicted molar refractivity (Wildman–Crippen MR) is 79.3 cm³/mol. The van der Waals surface area contributed by atoms with Crippen LogP contribution < -0.4 is 5.32 Å². The molecule has 0 aliphatic rings. The molecule has 4 heteroatoms. The van der Waals surface area contributed by atoms with Gasteiger partial charge < -0.3 is 10.2 Å². The van der Waals surface area contributed by atoms with Gasteiger partial charge >= 0.3 is 0 Å². The van der Waals surface area contributed by atoms with Crippen molar-refractivity contribution in [2.75, 3.05) is 27.7 Å². The number of nitrogens with one attached hydrogen (secondary N) is 1. The molecule has 1 aromatic heterocycles. The van der Waals surface area contributed by atoms with E-state index in [9.17, 15) is 0 Å². The summed E-state index contributed by atoms with van der Waals surface area (Å²) in [5, 5.41) is 4.62. The Morgan fingerprint density at radius 2 is 2.11 bits per heavy atom. The quantitative estimate of drug-likeness (QED) is 0.867. The Morgan fingerprint density at radius 3 is 2.78 bits per heavy atom. The third-order valence-corrected chi connectivity index (χ3v) is 4.15. The van der Waals surface area contributed by atoms with E-state index in [1.54, 1.807) is 0 Å². The third kappa shape index (κ3) is 3.51. The smallest absolute Gasteiger partial charge is 0.0954 e. The van der Waals surface area contributed by atoms with E-state index in [1.165, 1.54) is 9.71 Å². The predicted octanol–water partition coefficient (Wildman–Crippen LogP) is 2.38. The van der Waals surface area contributed by atoms with Crippen LogP contribution in [0.4, 0.5) is 0 Å². The van der Waals surface area contributed by atoms with Crippen LogP contribution in [0.1, 0.15) is 11.4 Å². The van der Waals surface area contributed by atoms with Gasteiger partial charge in [0.15, 0.2) is 0 Å². The number of hydrogen-bond donors (Lipinski definition) is 1. The molecule has 0 saturated carbocycles. The molecule has 0 fully saturated rings. The highest BCUT2D eigenvalue weighted by Crippen LogP contribution is 2.22. The van der Waals surface area contributed by atoms with Crippen LogP contribution in [0.25, 0.3) is 10.2 Å². The molecule has 0 amide bonds. The van der Waals surface area contributed by atoms with E-state index in [2.05, 4.69) is 42.5 Å². The van der Waals surface area contributed by atoms with Gasteiger partial charge in [-0.15, -0.1) is 11.3 Å². The summed E-state index contributed by atoms with van der Waals surface area (Å²) in [6.07, 6.45) is 2.17. The number of para-hydroxylation sites is 1. The molecule has 2 aromatic rings.